The van der Waals surface area contributed by atoms with E-state index >= 15 is 0 Å². The zero-order chi connectivity index (χ0) is 20.1. The van der Waals surface area contributed by atoms with Gasteiger partial charge >= 0.3 is 5.97 Å². The number of rotatable bonds is 4. The topological polar surface area (TPSA) is 55.4 Å². The van der Waals surface area contributed by atoms with Crippen molar-refractivity contribution in [3.05, 3.63) is 34.9 Å². The van der Waals surface area contributed by atoms with Crippen molar-refractivity contribution in [1.82, 2.24) is 5.32 Å². The van der Waals surface area contributed by atoms with Crippen molar-refractivity contribution in [2.24, 2.45) is 11.8 Å². The highest BCUT2D eigenvalue weighted by Crippen LogP contribution is 2.37. The minimum Gasteiger partial charge on any atom is -0.469 e. The van der Waals surface area contributed by atoms with E-state index in [1.165, 1.54) is 30.2 Å². The first-order valence-corrected chi connectivity index (χ1v) is 11.1. The Hall–Kier alpha value is -1.84. The summed E-state index contributed by atoms with van der Waals surface area (Å²) >= 11 is 0. The van der Waals surface area contributed by atoms with Gasteiger partial charge in [0.2, 0.25) is 5.91 Å². The molecule has 0 aliphatic heterocycles. The third-order valence-electron chi connectivity index (χ3n) is 6.72. The van der Waals surface area contributed by atoms with E-state index in [2.05, 4.69) is 23.5 Å². The molecular weight excluding hydrogens is 350 g/mol. The molecule has 3 aliphatic rings. The number of aryl methyl sites for hydroxylation is 1. The minimum absolute atomic E-state index is 0.0101. The Kier molecular flexibility index (Phi) is 7.14. The number of carbonyl (C=O) groups excluding carboxylic acids is 2. The van der Waals surface area contributed by atoms with Gasteiger partial charge in [-0.05, 0) is 74.0 Å². The quantitative estimate of drug-likeness (QED) is 0.774. The molecule has 4 rings (SSSR count). The van der Waals surface area contributed by atoms with Crippen LogP contribution in [0.1, 0.15) is 81.4 Å². The number of benzene rings is 1. The Morgan fingerprint density at radius 2 is 1.79 bits per heavy atom. The van der Waals surface area contributed by atoms with Crippen LogP contribution in [0.15, 0.2) is 18.2 Å². The second kappa shape index (κ2) is 9.58. The number of nitrogens with one attached hydrogen (secondary N) is 1. The first kappa shape index (κ1) is 20.9. The van der Waals surface area contributed by atoms with Crippen LogP contribution in [0.5, 0.6) is 0 Å². The molecule has 1 amide bonds. The fourth-order valence-corrected chi connectivity index (χ4v) is 4.80. The number of carbonyl (C=O) groups is 2. The number of methoxy groups -OCH3 is 1. The summed E-state index contributed by atoms with van der Waals surface area (Å²) in [6.45, 7) is 4.00. The zero-order valence-electron chi connectivity index (χ0n) is 17.6. The predicted octanol–water partition coefficient (Wildman–Crippen LogP) is 4.54. The molecule has 1 aromatic rings. The lowest BCUT2D eigenvalue weighted by atomic mass is 9.82. The molecule has 0 radical (unpaired) electrons. The van der Waals surface area contributed by atoms with Crippen molar-refractivity contribution in [1.29, 1.82) is 0 Å². The summed E-state index contributed by atoms with van der Waals surface area (Å²) in [5, 5.41) is 3.28. The first-order chi connectivity index (χ1) is 13.6. The average molecular weight is 386 g/mol. The Labute approximate surface area is 169 Å². The maximum atomic E-state index is 12.2. The fourth-order valence-electron chi connectivity index (χ4n) is 4.80. The van der Waals surface area contributed by atoms with E-state index < -0.39 is 0 Å². The van der Waals surface area contributed by atoms with Crippen molar-refractivity contribution in [3.8, 4) is 0 Å². The summed E-state index contributed by atoms with van der Waals surface area (Å²) in [4.78, 5) is 24.0. The molecule has 0 spiro atoms. The molecule has 4 nitrogen and oxygen atoms in total. The van der Waals surface area contributed by atoms with Crippen molar-refractivity contribution >= 4 is 11.9 Å². The minimum atomic E-state index is -0.0828. The highest BCUT2D eigenvalue weighted by Gasteiger charge is 2.32. The van der Waals surface area contributed by atoms with E-state index in [0.29, 0.717) is 12.0 Å². The standard InChI is InChI=1S/C22H29NO3.C2H6/c1-26-22(25)19-8-7-15-11-16(5-6-17(15)12-19)18-9-10-20(13-18)23-21(24)14-3-2-4-14;1-2/h5-6,11,14,18-20H,2-4,7-10,12-13H2,1H3,(H,23,24);1-2H3/t18-,19?,20?;/m1./s1. The van der Waals surface area contributed by atoms with E-state index in [0.717, 1.165) is 51.4 Å². The van der Waals surface area contributed by atoms with Gasteiger partial charge in [-0.1, -0.05) is 38.5 Å². The largest absolute Gasteiger partial charge is 0.469 e. The summed E-state index contributed by atoms with van der Waals surface area (Å²) < 4.78 is 4.91. The molecule has 1 N–H and O–H groups in total. The Morgan fingerprint density at radius 1 is 1.00 bits per heavy atom. The van der Waals surface area contributed by atoms with Gasteiger partial charge in [-0.2, -0.15) is 0 Å². The molecule has 28 heavy (non-hydrogen) atoms. The average Bonchev–Trinajstić information content (AvgIpc) is 3.15. The number of fused-ring (bicyclic) bond motifs is 1. The van der Waals surface area contributed by atoms with Gasteiger partial charge in [-0.25, -0.2) is 0 Å². The lowest BCUT2D eigenvalue weighted by Gasteiger charge is -2.26. The van der Waals surface area contributed by atoms with Crippen LogP contribution in [0.2, 0.25) is 0 Å². The van der Waals surface area contributed by atoms with Gasteiger partial charge in [-0.15, -0.1) is 0 Å². The summed E-state index contributed by atoms with van der Waals surface area (Å²) in [7, 11) is 1.47. The van der Waals surface area contributed by atoms with Crippen LogP contribution in [0.4, 0.5) is 0 Å². The lowest BCUT2D eigenvalue weighted by Crippen LogP contribution is -2.39. The molecule has 4 heteroatoms. The van der Waals surface area contributed by atoms with Gasteiger partial charge in [0.05, 0.1) is 13.0 Å². The van der Waals surface area contributed by atoms with Gasteiger partial charge in [0, 0.05) is 12.0 Å². The molecule has 2 fully saturated rings. The monoisotopic (exact) mass is 385 g/mol. The zero-order valence-corrected chi connectivity index (χ0v) is 17.6. The third kappa shape index (κ3) is 4.59. The molecule has 154 valence electrons. The molecule has 3 aliphatic carbocycles. The number of amides is 1. The lowest BCUT2D eigenvalue weighted by molar-refractivity contribution is -0.145. The molecule has 3 atom stereocenters. The van der Waals surface area contributed by atoms with Crippen LogP contribution in [-0.2, 0) is 27.2 Å². The van der Waals surface area contributed by atoms with E-state index in [4.69, 9.17) is 4.74 Å². The normalized spacial score (nSPS) is 26.3. The van der Waals surface area contributed by atoms with E-state index in [1.54, 1.807) is 0 Å². The molecule has 0 aromatic heterocycles. The van der Waals surface area contributed by atoms with Crippen molar-refractivity contribution < 1.29 is 14.3 Å². The summed E-state index contributed by atoms with van der Waals surface area (Å²) in [6.07, 6.45) is 9.28. The molecule has 1 aromatic carbocycles. The van der Waals surface area contributed by atoms with Crippen LogP contribution >= 0.6 is 0 Å². The van der Waals surface area contributed by atoms with Gasteiger partial charge in [0.1, 0.15) is 0 Å². The maximum Gasteiger partial charge on any atom is 0.309 e. The van der Waals surface area contributed by atoms with Crippen LogP contribution in [0.25, 0.3) is 0 Å². The smallest absolute Gasteiger partial charge is 0.309 e. The number of hydrogen-bond donors (Lipinski definition) is 1. The highest BCUT2D eigenvalue weighted by atomic mass is 16.5. The Morgan fingerprint density at radius 3 is 2.46 bits per heavy atom. The van der Waals surface area contributed by atoms with Crippen LogP contribution in [0, 0.1) is 11.8 Å². The van der Waals surface area contributed by atoms with E-state index in [9.17, 15) is 9.59 Å². The summed E-state index contributed by atoms with van der Waals surface area (Å²) in [5.74, 6) is 1.03. The van der Waals surface area contributed by atoms with Gasteiger partial charge in [0.25, 0.3) is 0 Å². The van der Waals surface area contributed by atoms with Gasteiger partial charge in [0.15, 0.2) is 0 Å². The van der Waals surface area contributed by atoms with Crippen LogP contribution < -0.4 is 5.32 Å². The fraction of sp³-hybridized carbons (Fsp3) is 0.667. The third-order valence-corrected chi connectivity index (χ3v) is 6.72. The predicted molar refractivity (Wildman–Crippen MR) is 111 cm³/mol. The van der Waals surface area contributed by atoms with Crippen molar-refractivity contribution in [3.63, 3.8) is 0 Å². The van der Waals surface area contributed by atoms with E-state index in [-0.39, 0.29) is 23.7 Å². The second-order valence-corrected chi connectivity index (χ2v) is 8.33. The van der Waals surface area contributed by atoms with Crippen LogP contribution in [-0.4, -0.2) is 25.0 Å². The molecular formula is C24H35NO3. The summed E-state index contributed by atoms with van der Waals surface area (Å²) in [5.41, 5.74) is 4.09. The van der Waals surface area contributed by atoms with Crippen molar-refractivity contribution in [2.45, 2.75) is 83.6 Å². The van der Waals surface area contributed by atoms with Gasteiger partial charge < -0.3 is 10.1 Å². The SMILES string of the molecule is CC.COC(=O)C1CCc2cc([C@@H]3CCC(NC(=O)C4CCC4)C3)ccc2C1. The number of hydrogen-bond acceptors (Lipinski definition) is 3. The molecule has 0 heterocycles. The number of esters is 1. The second-order valence-electron chi connectivity index (χ2n) is 8.33. The molecule has 2 unspecified atom stereocenters. The molecule has 0 saturated heterocycles. The highest BCUT2D eigenvalue weighted by molar-refractivity contribution is 5.79. The van der Waals surface area contributed by atoms with Crippen molar-refractivity contribution in [2.75, 3.05) is 7.11 Å². The van der Waals surface area contributed by atoms with Crippen LogP contribution in [0.3, 0.4) is 0 Å². The summed E-state index contributed by atoms with van der Waals surface area (Å²) in [6, 6.07) is 7.14. The van der Waals surface area contributed by atoms with Gasteiger partial charge in [-0.3, -0.25) is 9.59 Å². The molecule has 2 saturated carbocycles. The Balaban J connectivity index is 0.00000109. The first-order valence-electron chi connectivity index (χ1n) is 11.1. The Bertz CT molecular complexity index is 695. The number of ether oxygens (including phenoxy) is 1. The molecule has 0 bridgehead atoms. The maximum absolute atomic E-state index is 12.2. The van der Waals surface area contributed by atoms with E-state index in [1.807, 2.05) is 13.8 Å².